The molecule has 1 aliphatic rings. The Morgan fingerprint density at radius 1 is 1.23 bits per heavy atom. The summed E-state index contributed by atoms with van der Waals surface area (Å²) in [7, 11) is 0. The largest absolute Gasteiger partial charge is 0.394 e. The quantitative estimate of drug-likeness (QED) is 0.398. The Labute approximate surface area is 136 Å². The lowest BCUT2D eigenvalue weighted by molar-refractivity contribution is 0.0151. The van der Waals surface area contributed by atoms with Crippen molar-refractivity contribution in [1.29, 1.82) is 0 Å². The number of hydrogen-bond acceptors (Lipinski definition) is 3. The van der Waals surface area contributed by atoms with E-state index in [-0.39, 0.29) is 12.7 Å². The molecule has 1 fully saturated rings. The lowest BCUT2D eigenvalue weighted by atomic mass is 9.90. The molecule has 0 saturated heterocycles. The van der Waals surface area contributed by atoms with Gasteiger partial charge in [-0.05, 0) is 50.4 Å². The maximum absolute atomic E-state index is 9.89. The van der Waals surface area contributed by atoms with E-state index in [0.717, 1.165) is 24.7 Å². The average Bonchev–Trinajstić information content (AvgIpc) is 2.96. The molecule has 130 valence electrons. The average molecular weight is 312 g/mol. The zero-order valence-electron chi connectivity index (χ0n) is 14.4. The van der Waals surface area contributed by atoms with Crippen molar-refractivity contribution in [2.45, 2.75) is 77.2 Å². The minimum Gasteiger partial charge on any atom is -0.394 e. The van der Waals surface area contributed by atoms with Crippen molar-refractivity contribution < 1.29 is 14.9 Å². The summed E-state index contributed by atoms with van der Waals surface area (Å²) in [5, 5.41) is 18.5. The summed E-state index contributed by atoms with van der Waals surface area (Å²) in [6.45, 7) is 2.96. The maximum Gasteiger partial charge on any atom is 0.0773 e. The Bertz CT molecular complexity index is 278. The molecule has 1 unspecified atom stereocenters. The van der Waals surface area contributed by atoms with E-state index < -0.39 is 0 Å². The number of aliphatic hydroxyl groups is 2. The number of hydrogen-bond donors (Lipinski definition) is 2. The second kappa shape index (κ2) is 13.1. The van der Waals surface area contributed by atoms with Crippen LogP contribution in [0.3, 0.4) is 0 Å². The molecule has 0 heterocycles. The van der Waals surface area contributed by atoms with Crippen molar-refractivity contribution in [3.05, 3.63) is 12.2 Å². The Kier molecular flexibility index (Phi) is 11.7. The molecule has 0 spiro atoms. The third-order valence-corrected chi connectivity index (χ3v) is 4.74. The van der Waals surface area contributed by atoms with Crippen molar-refractivity contribution >= 4 is 0 Å². The lowest BCUT2D eigenvalue weighted by Gasteiger charge is -2.18. The van der Waals surface area contributed by atoms with Crippen LogP contribution in [0.25, 0.3) is 0 Å². The van der Waals surface area contributed by atoms with E-state index in [0.29, 0.717) is 13.2 Å². The third kappa shape index (κ3) is 8.92. The molecule has 0 aromatic heterocycles. The molecule has 0 bridgehead atoms. The van der Waals surface area contributed by atoms with Crippen LogP contribution in [0.4, 0.5) is 0 Å². The van der Waals surface area contributed by atoms with Gasteiger partial charge in [-0.25, -0.2) is 0 Å². The lowest BCUT2D eigenvalue weighted by Crippen LogP contribution is -2.18. The van der Waals surface area contributed by atoms with E-state index in [1.807, 2.05) is 0 Å². The zero-order valence-corrected chi connectivity index (χ0v) is 14.4. The van der Waals surface area contributed by atoms with E-state index in [1.165, 1.54) is 51.4 Å². The minimum absolute atomic E-state index is 0.0282. The van der Waals surface area contributed by atoms with Gasteiger partial charge in [0.05, 0.1) is 25.9 Å². The highest BCUT2D eigenvalue weighted by Gasteiger charge is 2.25. The molecular formula is C19H36O3. The summed E-state index contributed by atoms with van der Waals surface area (Å²) in [6.07, 6.45) is 16.9. The van der Waals surface area contributed by atoms with Gasteiger partial charge in [-0.3, -0.25) is 0 Å². The van der Waals surface area contributed by atoms with E-state index >= 15 is 0 Å². The summed E-state index contributed by atoms with van der Waals surface area (Å²) in [4.78, 5) is 0. The Hall–Kier alpha value is -0.380. The summed E-state index contributed by atoms with van der Waals surface area (Å²) < 4.78 is 5.18. The van der Waals surface area contributed by atoms with Crippen LogP contribution in [0.1, 0.15) is 71.1 Å². The highest BCUT2D eigenvalue weighted by molar-refractivity contribution is 4.95. The molecule has 3 heteroatoms. The molecule has 1 rings (SSSR count). The first-order valence-electron chi connectivity index (χ1n) is 9.31. The van der Waals surface area contributed by atoms with Gasteiger partial charge in [0.2, 0.25) is 0 Å². The first-order chi connectivity index (χ1) is 10.8. The Morgan fingerprint density at radius 3 is 2.86 bits per heavy atom. The summed E-state index contributed by atoms with van der Waals surface area (Å²) >= 11 is 0. The third-order valence-electron chi connectivity index (χ3n) is 4.74. The van der Waals surface area contributed by atoms with Crippen molar-refractivity contribution in [2.24, 2.45) is 11.8 Å². The van der Waals surface area contributed by atoms with Crippen LogP contribution in [0.2, 0.25) is 0 Å². The van der Waals surface area contributed by atoms with Crippen molar-refractivity contribution in [2.75, 3.05) is 19.8 Å². The summed E-state index contributed by atoms with van der Waals surface area (Å²) in [6, 6.07) is 0. The van der Waals surface area contributed by atoms with Crippen LogP contribution in [0.5, 0.6) is 0 Å². The van der Waals surface area contributed by atoms with Gasteiger partial charge >= 0.3 is 0 Å². The standard InChI is InChI=1S/C19H36O3/c1-2-3-4-5-6-7-9-17-10-8-11-18(17)12-13-19(21)16-22-15-14-20/h7,9,17-21H,2-6,8,10-16H2,1H3/t17-,18+,19?/m0/s1. The molecule has 0 amide bonds. The van der Waals surface area contributed by atoms with Crippen LogP contribution < -0.4 is 0 Å². The van der Waals surface area contributed by atoms with E-state index in [1.54, 1.807) is 0 Å². The number of rotatable bonds is 13. The smallest absolute Gasteiger partial charge is 0.0773 e. The highest BCUT2D eigenvalue weighted by Crippen LogP contribution is 2.36. The molecule has 1 aliphatic carbocycles. The monoisotopic (exact) mass is 312 g/mol. The van der Waals surface area contributed by atoms with Gasteiger partial charge in [-0.1, -0.05) is 44.8 Å². The fourth-order valence-corrected chi connectivity index (χ4v) is 3.41. The molecule has 1 saturated carbocycles. The topological polar surface area (TPSA) is 49.7 Å². The number of ether oxygens (including phenoxy) is 1. The first kappa shape index (κ1) is 19.7. The highest BCUT2D eigenvalue weighted by atomic mass is 16.5. The molecule has 0 aromatic carbocycles. The van der Waals surface area contributed by atoms with Crippen LogP contribution in [0, 0.1) is 11.8 Å². The van der Waals surface area contributed by atoms with Crippen molar-refractivity contribution in [3.63, 3.8) is 0 Å². The predicted octanol–water partition coefficient (Wildman–Crippen LogP) is 4.08. The van der Waals surface area contributed by atoms with E-state index in [2.05, 4.69) is 19.1 Å². The van der Waals surface area contributed by atoms with E-state index in [4.69, 9.17) is 9.84 Å². The van der Waals surface area contributed by atoms with Gasteiger partial charge in [0.25, 0.3) is 0 Å². The maximum atomic E-state index is 9.89. The summed E-state index contributed by atoms with van der Waals surface area (Å²) in [5.74, 6) is 1.45. The van der Waals surface area contributed by atoms with E-state index in [9.17, 15) is 5.11 Å². The number of unbranched alkanes of at least 4 members (excludes halogenated alkanes) is 4. The van der Waals surface area contributed by atoms with Crippen molar-refractivity contribution in [1.82, 2.24) is 0 Å². The van der Waals surface area contributed by atoms with Crippen LogP contribution in [0.15, 0.2) is 12.2 Å². The molecule has 0 aromatic rings. The fourth-order valence-electron chi connectivity index (χ4n) is 3.41. The second-order valence-corrected chi connectivity index (χ2v) is 6.66. The molecule has 3 nitrogen and oxygen atoms in total. The number of allylic oxidation sites excluding steroid dienone is 2. The molecular weight excluding hydrogens is 276 g/mol. The van der Waals surface area contributed by atoms with Gasteiger partial charge in [0.15, 0.2) is 0 Å². The molecule has 0 aliphatic heterocycles. The molecule has 3 atom stereocenters. The Balaban J connectivity index is 2.15. The van der Waals surface area contributed by atoms with Crippen LogP contribution in [-0.2, 0) is 4.74 Å². The van der Waals surface area contributed by atoms with Gasteiger partial charge < -0.3 is 14.9 Å². The summed E-state index contributed by atoms with van der Waals surface area (Å²) in [5.41, 5.74) is 0. The van der Waals surface area contributed by atoms with Gasteiger partial charge in [-0.15, -0.1) is 0 Å². The van der Waals surface area contributed by atoms with Crippen molar-refractivity contribution in [3.8, 4) is 0 Å². The number of aliphatic hydroxyl groups excluding tert-OH is 2. The fraction of sp³-hybridized carbons (Fsp3) is 0.895. The van der Waals surface area contributed by atoms with Crippen LogP contribution in [-0.4, -0.2) is 36.1 Å². The zero-order chi connectivity index (χ0) is 16.0. The SMILES string of the molecule is CCCCCCC=C[C@H]1CCC[C@@H]1CCC(O)COCCO. The molecule has 0 radical (unpaired) electrons. The second-order valence-electron chi connectivity index (χ2n) is 6.66. The van der Waals surface area contributed by atoms with Gasteiger partial charge in [-0.2, -0.15) is 0 Å². The predicted molar refractivity (Wildman–Crippen MR) is 91.9 cm³/mol. The molecule has 2 N–H and O–H groups in total. The van der Waals surface area contributed by atoms with Gasteiger partial charge in [0.1, 0.15) is 0 Å². The Morgan fingerprint density at radius 2 is 2.09 bits per heavy atom. The van der Waals surface area contributed by atoms with Crippen LogP contribution >= 0.6 is 0 Å². The normalized spacial score (nSPS) is 23.4. The minimum atomic E-state index is -0.383. The van der Waals surface area contributed by atoms with Gasteiger partial charge in [0, 0.05) is 0 Å². The first-order valence-corrected chi connectivity index (χ1v) is 9.31. The molecule has 22 heavy (non-hydrogen) atoms.